The highest BCUT2D eigenvalue weighted by Gasteiger charge is 2.22. The van der Waals surface area contributed by atoms with Crippen LogP contribution in [0, 0.1) is 5.82 Å². The summed E-state index contributed by atoms with van der Waals surface area (Å²) in [6, 6.07) is 9.80. The van der Waals surface area contributed by atoms with Gasteiger partial charge in [-0.25, -0.2) is 13.9 Å². The number of anilines is 1. The van der Waals surface area contributed by atoms with Crippen molar-refractivity contribution in [2.45, 2.75) is 13.2 Å². The molecule has 0 aliphatic heterocycles. The van der Waals surface area contributed by atoms with E-state index < -0.39 is 18.3 Å². The zero-order valence-corrected chi connectivity index (χ0v) is 19.8. The molecule has 0 radical (unpaired) electrons. The number of ether oxygens (including phenoxy) is 2. The number of hydrogen-bond acceptors (Lipinski definition) is 7. The van der Waals surface area contributed by atoms with Crippen LogP contribution in [0.15, 0.2) is 67.3 Å². The molecule has 0 unspecified atom stereocenters. The summed E-state index contributed by atoms with van der Waals surface area (Å²) in [6.07, 6.45) is 6.02. The smallest absolute Gasteiger partial charge is 0.387 e. The van der Waals surface area contributed by atoms with E-state index >= 15 is 0 Å². The first kappa shape index (κ1) is 24.8. The van der Waals surface area contributed by atoms with Gasteiger partial charge in [0.15, 0.2) is 17.2 Å². The molecular weight excluding hydrogens is 503 g/mol. The second kappa shape index (κ2) is 10.2. The van der Waals surface area contributed by atoms with Gasteiger partial charge in [0.2, 0.25) is 0 Å². The fourth-order valence-electron chi connectivity index (χ4n) is 3.79. The van der Waals surface area contributed by atoms with Crippen LogP contribution < -0.4 is 20.5 Å². The molecule has 38 heavy (non-hydrogen) atoms. The van der Waals surface area contributed by atoms with Crippen LogP contribution in [0.2, 0.25) is 0 Å². The number of nitrogens with one attached hydrogen (secondary N) is 1. The lowest BCUT2D eigenvalue weighted by Gasteiger charge is -2.14. The van der Waals surface area contributed by atoms with Gasteiger partial charge < -0.3 is 20.5 Å². The molecule has 0 spiro atoms. The molecule has 0 saturated heterocycles. The maximum atomic E-state index is 14.4. The number of alkyl halides is 2. The Hall–Kier alpha value is -4.91. The number of nitrogens with two attached hydrogens (primary N) is 1. The molecule has 0 atom stereocenters. The summed E-state index contributed by atoms with van der Waals surface area (Å²) in [5.74, 6) is -1.39. The first-order chi connectivity index (χ1) is 18.3. The molecule has 0 aliphatic carbocycles. The average Bonchev–Trinajstić information content (AvgIpc) is 3.49. The van der Waals surface area contributed by atoms with E-state index in [9.17, 15) is 18.0 Å². The van der Waals surface area contributed by atoms with Crippen LogP contribution in [0.25, 0.3) is 16.9 Å². The lowest BCUT2D eigenvalue weighted by atomic mass is 10.1. The van der Waals surface area contributed by atoms with Gasteiger partial charge in [-0.1, -0.05) is 6.07 Å². The monoisotopic (exact) mass is 523 g/mol. The molecule has 0 saturated carbocycles. The normalized spacial score (nSPS) is 11.2. The van der Waals surface area contributed by atoms with Crippen molar-refractivity contribution in [2.24, 2.45) is 12.8 Å². The third kappa shape index (κ3) is 4.99. The lowest BCUT2D eigenvalue weighted by molar-refractivity contribution is -0.0494. The summed E-state index contributed by atoms with van der Waals surface area (Å²) < 4.78 is 54.0. The SMILES string of the molecule is Cn1cc(NC(=O)c2cnn3cccnc23)c(-c2cc(Oc3cc(CN)ccc3F)ccc2OC(F)F)n1. The number of amides is 1. The van der Waals surface area contributed by atoms with Crippen molar-refractivity contribution in [1.82, 2.24) is 24.4 Å². The van der Waals surface area contributed by atoms with Gasteiger partial charge in [0.05, 0.1) is 17.4 Å². The number of aromatic nitrogens is 5. The Morgan fingerprint density at radius 3 is 2.82 bits per heavy atom. The van der Waals surface area contributed by atoms with E-state index in [2.05, 4.69) is 20.5 Å². The molecule has 194 valence electrons. The number of halogens is 3. The van der Waals surface area contributed by atoms with E-state index in [0.29, 0.717) is 11.2 Å². The van der Waals surface area contributed by atoms with E-state index in [1.54, 1.807) is 19.3 Å². The largest absolute Gasteiger partial charge is 0.454 e. The van der Waals surface area contributed by atoms with Crippen molar-refractivity contribution in [3.63, 3.8) is 0 Å². The van der Waals surface area contributed by atoms with Crippen LogP contribution in [0.3, 0.4) is 0 Å². The number of nitrogens with zero attached hydrogens (tertiary/aromatic N) is 5. The molecule has 0 bridgehead atoms. The highest BCUT2D eigenvalue weighted by molar-refractivity contribution is 6.09. The molecule has 3 N–H and O–H groups in total. The summed E-state index contributed by atoms with van der Waals surface area (Å²) in [4.78, 5) is 17.2. The van der Waals surface area contributed by atoms with Gasteiger partial charge in [-0.2, -0.15) is 19.0 Å². The third-order valence-electron chi connectivity index (χ3n) is 5.48. The van der Waals surface area contributed by atoms with Gasteiger partial charge in [-0.15, -0.1) is 0 Å². The molecule has 3 aromatic heterocycles. The second-order valence-electron chi connectivity index (χ2n) is 8.07. The lowest BCUT2D eigenvalue weighted by Crippen LogP contribution is -2.12. The minimum absolute atomic E-state index is 0.0760. The quantitative estimate of drug-likeness (QED) is 0.310. The summed E-state index contributed by atoms with van der Waals surface area (Å²) in [6.45, 7) is -2.96. The maximum Gasteiger partial charge on any atom is 0.387 e. The van der Waals surface area contributed by atoms with Crippen LogP contribution in [0.5, 0.6) is 17.2 Å². The number of fused-ring (bicyclic) bond motifs is 1. The molecule has 1 amide bonds. The molecule has 2 aromatic carbocycles. The van der Waals surface area contributed by atoms with Gasteiger partial charge in [-0.05, 0) is 42.0 Å². The number of aryl methyl sites for hydroxylation is 1. The van der Waals surface area contributed by atoms with E-state index in [1.807, 2.05) is 0 Å². The van der Waals surface area contributed by atoms with Crippen molar-refractivity contribution in [3.05, 3.63) is 84.2 Å². The predicted octanol–water partition coefficient (Wildman–Crippen LogP) is 4.37. The molecule has 0 fully saturated rings. The number of carbonyl (C=O) groups excluding carboxylic acids is 1. The Kier molecular flexibility index (Phi) is 6.66. The minimum Gasteiger partial charge on any atom is -0.454 e. The highest BCUT2D eigenvalue weighted by atomic mass is 19.3. The Labute approximate surface area is 213 Å². The number of benzene rings is 2. The first-order valence-electron chi connectivity index (χ1n) is 11.2. The van der Waals surface area contributed by atoms with E-state index in [4.69, 9.17) is 15.2 Å². The average molecular weight is 523 g/mol. The molecule has 5 aromatic rings. The Balaban J connectivity index is 1.53. The Bertz CT molecular complexity index is 1630. The van der Waals surface area contributed by atoms with E-state index in [0.717, 1.165) is 0 Å². The van der Waals surface area contributed by atoms with Gasteiger partial charge in [0.25, 0.3) is 5.91 Å². The standard InChI is InChI=1S/C25H20F3N7O3/c1-34-13-19(32-24(36)17-12-31-35-8-2-7-30-23(17)35)22(33-34)16-10-15(4-6-20(16)38-25(27)28)37-21-9-14(11-29)3-5-18(21)26/h2-10,12-13,25H,11,29H2,1H3,(H,32,36). The summed E-state index contributed by atoms with van der Waals surface area (Å²) in [5.41, 5.74) is 7.17. The summed E-state index contributed by atoms with van der Waals surface area (Å²) >= 11 is 0. The fraction of sp³-hybridized carbons (Fsp3) is 0.120. The molecule has 10 nitrogen and oxygen atoms in total. The zero-order chi connectivity index (χ0) is 26.8. The van der Waals surface area contributed by atoms with Crippen LogP contribution in [0.1, 0.15) is 15.9 Å². The fourth-order valence-corrected chi connectivity index (χ4v) is 3.79. The van der Waals surface area contributed by atoms with Gasteiger partial charge in [-0.3, -0.25) is 9.48 Å². The highest BCUT2D eigenvalue weighted by Crippen LogP contribution is 2.39. The van der Waals surface area contributed by atoms with Crippen molar-refractivity contribution < 1.29 is 27.4 Å². The van der Waals surface area contributed by atoms with Gasteiger partial charge in [0, 0.05) is 32.2 Å². The Morgan fingerprint density at radius 1 is 1.18 bits per heavy atom. The first-order valence-corrected chi connectivity index (χ1v) is 11.2. The minimum atomic E-state index is -3.13. The maximum absolute atomic E-state index is 14.4. The second-order valence-corrected chi connectivity index (χ2v) is 8.07. The molecule has 5 rings (SSSR count). The Morgan fingerprint density at radius 2 is 2.03 bits per heavy atom. The molecule has 0 aliphatic rings. The van der Waals surface area contributed by atoms with Crippen molar-refractivity contribution in [1.29, 1.82) is 0 Å². The topological polar surface area (TPSA) is 122 Å². The van der Waals surface area contributed by atoms with E-state index in [-0.39, 0.29) is 46.3 Å². The summed E-state index contributed by atoms with van der Waals surface area (Å²) in [7, 11) is 1.59. The van der Waals surface area contributed by atoms with Crippen LogP contribution in [-0.4, -0.2) is 36.9 Å². The molecular formula is C25H20F3N7O3. The van der Waals surface area contributed by atoms with E-state index in [1.165, 1.54) is 64.2 Å². The predicted molar refractivity (Wildman–Crippen MR) is 131 cm³/mol. The summed E-state index contributed by atoms with van der Waals surface area (Å²) in [5, 5.41) is 11.2. The van der Waals surface area contributed by atoms with Gasteiger partial charge in [0.1, 0.15) is 22.8 Å². The zero-order valence-electron chi connectivity index (χ0n) is 19.8. The van der Waals surface area contributed by atoms with Crippen LogP contribution >= 0.6 is 0 Å². The van der Waals surface area contributed by atoms with Crippen LogP contribution in [-0.2, 0) is 13.6 Å². The van der Waals surface area contributed by atoms with Crippen molar-refractivity contribution >= 4 is 17.2 Å². The number of rotatable bonds is 8. The molecule has 13 heteroatoms. The third-order valence-corrected chi connectivity index (χ3v) is 5.48. The number of carbonyl (C=O) groups is 1. The van der Waals surface area contributed by atoms with Gasteiger partial charge >= 0.3 is 6.61 Å². The number of hydrogen-bond donors (Lipinski definition) is 2. The van der Waals surface area contributed by atoms with Crippen molar-refractivity contribution in [2.75, 3.05) is 5.32 Å². The molecule has 3 heterocycles. The van der Waals surface area contributed by atoms with Crippen molar-refractivity contribution in [3.8, 4) is 28.5 Å². The van der Waals surface area contributed by atoms with Crippen LogP contribution in [0.4, 0.5) is 18.9 Å².